The van der Waals surface area contributed by atoms with E-state index in [2.05, 4.69) is 0 Å². The largest absolute Gasteiger partial charge is 0.389 e. The number of carbonyl (C=O) groups is 1. The van der Waals surface area contributed by atoms with Gasteiger partial charge in [0, 0.05) is 24.1 Å². The van der Waals surface area contributed by atoms with Gasteiger partial charge in [-0.15, -0.1) is 0 Å². The lowest BCUT2D eigenvalue weighted by Gasteiger charge is -2.22. The van der Waals surface area contributed by atoms with E-state index in [1.165, 1.54) is 4.57 Å². The van der Waals surface area contributed by atoms with Gasteiger partial charge in [0.05, 0.1) is 13.2 Å². The number of aromatic nitrogens is 1. The predicted octanol–water partition coefficient (Wildman–Crippen LogP) is 5.17. The van der Waals surface area contributed by atoms with Crippen LogP contribution in [-0.4, -0.2) is 23.7 Å². The average molecular weight is 367 g/mol. The van der Waals surface area contributed by atoms with E-state index in [-0.39, 0.29) is 30.8 Å². The molecule has 2 aromatic rings. The van der Waals surface area contributed by atoms with Gasteiger partial charge in [0.25, 0.3) is 0 Å². The van der Waals surface area contributed by atoms with Crippen molar-refractivity contribution in [1.82, 2.24) is 4.57 Å². The molecule has 0 bridgehead atoms. The average Bonchev–Trinajstić information content (AvgIpc) is 3.10. The minimum absolute atomic E-state index is 0.0686. The van der Waals surface area contributed by atoms with Gasteiger partial charge in [0.15, 0.2) is 0 Å². The normalized spacial score (nSPS) is 12.9. The molecule has 0 aliphatic rings. The number of hydrogen-bond acceptors (Lipinski definition) is 5. The lowest BCUT2D eigenvalue weighted by atomic mass is 10.1. The predicted molar refractivity (Wildman–Crippen MR) is 97.3 cm³/mol. The Morgan fingerprint density at radius 2 is 1.67 bits per heavy atom. The van der Waals surface area contributed by atoms with E-state index in [1.807, 2.05) is 30.3 Å². The standard InChI is InChI=1S/C17H22NO4PS/c1-3-21-23(20,22-4-2)24-16(15-10-6-5-7-11-15)14-17(19)18-12-8-9-13-18/h5-13,16H,3-4,14H2,1-2H3/t16-/m1/s1. The van der Waals surface area contributed by atoms with Gasteiger partial charge in [-0.3, -0.25) is 9.36 Å². The highest BCUT2D eigenvalue weighted by Gasteiger charge is 2.32. The van der Waals surface area contributed by atoms with E-state index in [4.69, 9.17) is 9.05 Å². The minimum Gasteiger partial charge on any atom is -0.301 e. The zero-order chi connectivity index (χ0) is 17.4. The third kappa shape index (κ3) is 5.35. The molecule has 0 amide bonds. The van der Waals surface area contributed by atoms with Gasteiger partial charge in [0.2, 0.25) is 5.91 Å². The maximum atomic E-state index is 12.9. The van der Waals surface area contributed by atoms with Crippen molar-refractivity contribution < 1.29 is 18.4 Å². The van der Waals surface area contributed by atoms with Crippen LogP contribution in [0.25, 0.3) is 0 Å². The van der Waals surface area contributed by atoms with Crippen LogP contribution in [0.15, 0.2) is 54.9 Å². The summed E-state index contributed by atoms with van der Waals surface area (Å²) in [6.07, 6.45) is 3.62. The second kappa shape index (κ2) is 9.23. The SMILES string of the molecule is CCOP(=O)(OCC)S[C@H](CC(=O)n1cccc1)c1ccccc1. The number of benzene rings is 1. The molecule has 0 spiro atoms. The molecule has 130 valence electrons. The Labute approximate surface area is 146 Å². The Morgan fingerprint density at radius 1 is 1.08 bits per heavy atom. The van der Waals surface area contributed by atoms with E-state index < -0.39 is 6.80 Å². The lowest BCUT2D eigenvalue weighted by molar-refractivity contribution is 0.0902. The fourth-order valence-electron chi connectivity index (χ4n) is 2.22. The highest BCUT2D eigenvalue weighted by molar-refractivity contribution is 8.55. The lowest BCUT2D eigenvalue weighted by Crippen LogP contribution is -2.12. The molecule has 0 saturated carbocycles. The molecule has 0 radical (unpaired) electrons. The van der Waals surface area contributed by atoms with Crippen LogP contribution in [0.2, 0.25) is 0 Å². The molecule has 0 aliphatic heterocycles. The summed E-state index contributed by atoms with van der Waals surface area (Å²) in [5.74, 6) is -0.0686. The number of hydrogen-bond donors (Lipinski definition) is 0. The summed E-state index contributed by atoms with van der Waals surface area (Å²) in [6.45, 7) is 0.804. The highest BCUT2D eigenvalue weighted by Crippen LogP contribution is 2.66. The maximum Gasteiger partial charge on any atom is 0.389 e. The van der Waals surface area contributed by atoms with Crippen molar-refractivity contribution in [3.8, 4) is 0 Å². The van der Waals surface area contributed by atoms with Crippen LogP contribution < -0.4 is 0 Å². The summed E-state index contributed by atoms with van der Waals surface area (Å²) in [5.41, 5.74) is 0.919. The Balaban J connectivity index is 2.23. The summed E-state index contributed by atoms with van der Waals surface area (Å²) in [4.78, 5) is 12.5. The first-order valence-electron chi connectivity index (χ1n) is 7.86. The van der Waals surface area contributed by atoms with Crippen molar-refractivity contribution in [2.45, 2.75) is 25.5 Å². The molecular weight excluding hydrogens is 345 g/mol. The van der Waals surface area contributed by atoms with Gasteiger partial charge in [0.1, 0.15) is 0 Å². The third-order valence-electron chi connectivity index (χ3n) is 3.25. The first-order valence-corrected chi connectivity index (χ1v) is 10.9. The van der Waals surface area contributed by atoms with Crippen molar-refractivity contribution in [3.05, 3.63) is 60.4 Å². The Hall–Kier alpha value is -1.33. The molecule has 24 heavy (non-hydrogen) atoms. The van der Waals surface area contributed by atoms with E-state index in [0.717, 1.165) is 16.9 Å². The smallest absolute Gasteiger partial charge is 0.301 e. The van der Waals surface area contributed by atoms with Crippen molar-refractivity contribution in [1.29, 1.82) is 0 Å². The first kappa shape index (κ1) is 19.0. The van der Waals surface area contributed by atoms with Crippen LogP contribution in [0.4, 0.5) is 0 Å². The summed E-state index contributed by atoms with van der Waals surface area (Å²) in [5, 5.41) is -0.315. The Bertz CT molecular complexity index is 665. The molecule has 1 aromatic carbocycles. The first-order chi connectivity index (χ1) is 11.6. The van der Waals surface area contributed by atoms with Gasteiger partial charge in [-0.2, -0.15) is 0 Å². The van der Waals surface area contributed by atoms with Gasteiger partial charge >= 0.3 is 6.80 Å². The van der Waals surface area contributed by atoms with E-state index in [1.54, 1.807) is 38.4 Å². The molecule has 7 heteroatoms. The third-order valence-corrected chi connectivity index (χ3v) is 7.53. The van der Waals surface area contributed by atoms with E-state index >= 15 is 0 Å². The maximum absolute atomic E-state index is 12.9. The van der Waals surface area contributed by atoms with Gasteiger partial charge in [-0.05, 0) is 42.9 Å². The van der Waals surface area contributed by atoms with Gasteiger partial charge < -0.3 is 9.05 Å². The Morgan fingerprint density at radius 3 is 2.21 bits per heavy atom. The molecule has 2 rings (SSSR count). The van der Waals surface area contributed by atoms with Crippen molar-refractivity contribution in [2.75, 3.05) is 13.2 Å². The molecule has 0 fully saturated rings. The molecule has 5 nitrogen and oxygen atoms in total. The molecule has 1 atom stereocenters. The fourth-order valence-corrected chi connectivity index (χ4v) is 6.38. The van der Waals surface area contributed by atoms with Crippen LogP contribution in [0, 0.1) is 0 Å². The molecule has 0 unspecified atom stereocenters. The zero-order valence-corrected chi connectivity index (χ0v) is 15.5. The Kier molecular flexibility index (Phi) is 7.31. The summed E-state index contributed by atoms with van der Waals surface area (Å²) < 4.78 is 25.1. The minimum atomic E-state index is -3.32. The molecule has 1 aromatic heterocycles. The van der Waals surface area contributed by atoms with Crippen molar-refractivity contribution in [3.63, 3.8) is 0 Å². The quantitative estimate of drug-likeness (QED) is 0.572. The van der Waals surface area contributed by atoms with Gasteiger partial charge in [-0.25, -0.2) is 4.57 Å². The summed E-state index contributed by atoms with van der Waals surface area (Å²) in [6, 6.07) is 13.1. The molecule has 0 N–H and O–H groups in total. The molecule has 0 saturated heterocycles. The van der Waals surface area contributed by atoms with Crippen LogP contribution in [-0.2, 0) is 13.6 Å². The van der Waals surface area contributed by atoms with Crippen LogP contribution >= 0.6 is 18.2 Å². The van der Waals surface area contributed by atoms with Crippen LogP contribution in [0.3, 0.4) is 0 Å². The number of rotatable bonds is 9. The number of nitrogens with zero attached hydrogens (tertiary/aromatic N) is 1. The summed E-state index contributed by atoms with van der Waals surface area (Å²) >= 11 is 1.10. The second-order valence-corrected chi connectivity index (χ2v) is 9.14. The summed E-state index contributed by atoms with van der Waals surface area (Å²) in [7, 11) is 0. The van der Waals surface area contributed by atoms with Crippen LogP contribution in [0.5, 0.6) is 0 Å². The molecule has 1 heterocycles. The zero-order valence-electron chi connectivity index (χ0n) is 13.8. The second-order valence-electron chi connectivity index (χ2n) is 4.98. The number of carbonyl (C=O) groups excluding carboxylic acids is 1. The topological polar surface area (TPSA) is 57.5 Å². The van der Waals surface area contributed by atoms with Gasteiger partial charge in [-0.1, -0.05) is 30.3 Å². The highest BCUT2D eigenvalue weighted by atomic mass is 32.7. The fraction of sp³-hybridized carbons (Fsp3) is 0.353. The van der Waals surface area contributed by atoms with E-state index in [0.29, 0.717) is 0 Å². The van der Waals surface area contributed by atoms with Crippen LogP contribution in [0.1, 0.15) is 35.9 Å². The van der Waals surface area contributed by atoms with Crippen molar-refractivity contribution >= 4 is 24.1 Å². The molecule has 0 aliphatic carbocycles. The molecular formula is C17H22NO4PS. The van der Waals surface area contributed by atoms with Crippen molar-refractivity contribution in [2.24, 2.45) is 0 Å². The van der Waals surface area contributed by atoms with E-state index in [9.17, 15) is 9.36 Å². The monoisotopic (exact) mass is 367 g/mol.